The number of rotatable bonds is 3. The molecule has 0 bridgehead atoms. The minimum absolute atomic E-state index is 0.486. The zero-order valence-corrected chi connectivity index (χ0v) is 9.66. The Balaban J connectivity index is 2.02. The molecule has 2 rings (SSSR count). The molecule has 0 saturated carbocycles. The van der Waals surface area contributed by atoms with Gasteiger partial charge in [0.15, 0.2) is 0 Å². The Morgan fingerprint density at radius 1 is 1.19 bits per heavy atom. The number of furan rings is 1. The van der Waals surface area contributed by atoms with Gasteiger partial charge >= 0.3 is 0 Å². The molecule has 5 heteroatoms. The fourth-order valence-electron chi connectivity index (χ4n) is 1.10. The van der Waals surface area contributed by atoms with Crippen molar-refractivity contribution in [3.05, 3.63) is 52.4 Å². The Kier molecular flexibility index (Phi) is 3.49. The molecule has 1 aromatic carbocycles. The minimum Gasteiger partial charge on any atom is -0.463 e. The van der Waals surface area contributed by atoms with Gasteiger partial charge in [-0.15, -0.1) is 0 Å². The smallest absolute Gasteiger partial charge is 0.146 e. The number of nitrogens with zero attached hydrogens (tertiary/aromatic N) is 1. The summed E-state index contributed by atoms with van der Waals surface area (Å²) in [5, 5.41) is 4.99. The molecule has 1 N–H and O–H groups in total. The molecule has 3 nitrogen and oxygen atoms in total. The van der Waals surface area contributed by atoms with E-state index in [4.69, 9.17) is 27.6 Å². The lowest BCUT2D eigenvalue weighted by molar-refractivity contribution is 0.560. The van der Waals surface area contributed by atoms with Crippen LogP contribution >= 0.6 is 23.2 Å². The first-order valence-corrected chi connectivity index (χ1v) is 5.29. The van der Waals surface area contributed by atoms with Crippen molar-refractivity contribution in [1.29, 1.82) is 0 Å². The summed E-state index contributed by atoms with van der Waals surface area (Å²) in [6.07, 6.45) is 3.16. The predicted molar refractivity (Wildman–Crippen MR) is 66.4 cm³/mol. The van der Waals surface area contributed by atoms with Gasteiger partial charge in [0.25, 0.3) is 0 Å². The zero-order valence-electron chi connectivity index (χ0n) is 8.15. The summed E-state index contributed by atoms with van der Waals surface area (Å²) in [4.78, 5) is 0. The number of halogens is 2. The maximum absolute atomic E-state index is 5.85. The molecule has 0 saturated heterocycles. The van der Waals surface area contributed by atoms with Crippen molar-refractivity contribution in [3.8, 4) is 0 Å². The second kappa shape index (κ2) is 5.05. The monoisotopic (exact) mass is 254 g/mol. The van der Waals surface area contributed by atoms with Gasteiger partial charge in [-0.05, 0) is 30.3 Å². The number of benzene rings is 1. The van der Waals surface area contributed by atoms with Gasteiger partial charge in [-0.25, -0.2) is 0 Å². The molecule has 0 radical (unpaired) electrons. The lowest BCUT2D eigenvalue weighted by Crippen LogP contribution is -1.89. The van der Waals surface area contributed by atoms with Crippen LogP contribution < -0.4 is 5.43 Å². The largest absolute Gasteiger partial charge is 0.463 e. The van der Waals surface area contributed by atoms with Gasteiger partial charge in [-0.1, -0.05) is 23.2 Å². The third-order valence-electron chi connectivity index (χ3n) is 1.85. The zero-order chi connectivity index (χ0) is 11.4. The SMILES string of the molecule is Clc1ccc(N/N=C\c2ccco2)cc1Cl. The molecule has 0 aliphatic carbocycles. The van der Waals surface area contributed by atoms with Crippen molar-refractivity contribution >= 4 is 35.1 Å². The van der Waals surface area contributed by atoms with Gasteiger partial charge < -0.3 is 4.42 Å². The van der Waals surface area contributed by atoms with Crippen LogP contribution in [0.4, 0.5) is 5.69 Å². The Morgan fingerprint density at radius 2 is 2.06 bits per heavy atom. The van der Waals surface area contributed by atoms with Gasteiger partial charge in [-0.2, -0.15) is 5.10 Å². The van der Waals surface area contributed by atoms with E-state index in [2.05, 4.69) is 10.5 Å². The fourth-order valence-corrected chi connectivity index (χ4v) is 1.40. The molecular weight excluding hydrogens is 247 g/mol. The number of hydrogen-bond donors (Lipinski definition) is 1. The van der Waals surface area contributed by atoms with E-state index in [0.717, 1.165) is 5.69 Å². The van der Waals surface area contributed by atoms with Crippen LogP contribution in [-0.4, -0.2) is 6.21 Å². The molecule has 1 aromatic heterocycles. The summed E-state index contributed by atoms with van der Waals surface area (Å²) in [6, 6.07) is 8.78. The van der Waals surface area contributed by atoms with Gasteiger partial charge in [0.2, 0.25) is 0 Å². The first-order chi connectivity index (χ1) is 7.75. The number of nitrogens with one attached hydrogen (secondary N) is 1. The highest BCUT2D eigenvalue weighted by molar-refractivity contribution is 6.42. The maximum Gasteiger partial charge on any atom is 0.146 e. The fraction of sp³-hybridized carbons (Fsp3) is 0. The third-order valence-corrected chi connectivity index (χ3v) is 2.59. The van der Waals surface area contributed by atoms with E-state index in [-0.39, 0.29) is 0 Å². The highest BCUT2D eigenvalue weighted by atomic mass is 35.5. The standard InChI is InChI=1S/C11H8Cl2N2O/c12-10-4-3-8(6-11(10)13)15-14-7-9-2-1-5-16-9/h1-7,15H/b14-7-. The molecule has 0 spiro atoms. The van der Waals surface area contributed by atoms with Gasteiger partial charge in [0.05, 0.1) is 28.2 Å². The quantitative estimate of drug-likeness (QED) is 0.664. The number of anilines is 1. The minimum atomic E-state index is 0.486. The Hall–Kier alpha value is -1.45. The third kappa shape index (κ3) is 2.78. The second-order valence-corrected chi connectivity index (χ2v) is 3.83. The summed E-state index contributed by atoms with van der Waals surface area (Å²) in [5.74, 6) is 0.674. The average Bonchev–Trinajstić information content (AvgIpc) is 2.76. The first kappa shape index (κ1) is 11.0. The number of hydrazone groups is 1. The first-order valence-electron chi connectivity index (χ1n) is 4.53. The molecule has 82 valence electrons. The molecule has 0 atom stereocenters. The highest BCUT2D eigenvalue weighted by Gasteiger charge is 1.97. The van der Waals surface area contributed by atoms with Gasteiger partial charge in [-0.3, -0.25) is 5.43 Å². The second-order valence-electron chi connectivity index (χ2n) is 3.01. The lowest BCUT2D eigenvalue weighted by atomic mass is 10.3. The van der Waals surface area contributed by atoms with Crippen LogP contribution in [0.3, 0.4) is 0 Å². The lowest BCUT2D eigenvalue weighted by Gasteiger charge is -2.01. The molecule has 16 heavy (non-hydrogen) atoms. The normalized spacial score (nSPS) is 10.9. The van der Waals surface area contributed by atoms with Crippen LogP contribution in [0.2, 0.25) is 10.0 Å². The van der Waals surface area contributed by atoms with E-state index in [1.54, 1.807) is 42.8 Å². The molecule has 0 unspecified atom stereocenters. The van der Waals surface area contributed by atoms with Gasteiger partial charge in [0, 0.05) is 0 Å². The molecule has 0 aliphatic heterocycles. The van der Waals surface area contributed by atoms with Crippen molar-refractivity contribution in [2.24, 2.45) is 5.10 Å². The summed E-state index contributed by atoms with van der Waals surface area (Å²) in [7, 11) is 0. The highest BCUT2D eigenvalue weighted by Crippen LogP contribution is 2.24. The van der Waals surface area contributed by atoms with Crippen LogP contribution in [0.15, 0.2) is 46.1 Å². The Labute approximate surface area is 103 Å². The summed E-state index contributed by atoms with van der Waals surface area (Å²) >= 11 is 11.6. The van der Waals surface area contributed by atoms with E-state index in [0.29, 0.717) is 15.8 Å². The molecule has 0 aliphatic rings. The molecule has 0 amide bonds. The van der Waals surface area contributed by atoms with Crippen LogP contribution in [0.25, 0.3) is 0 Å². The van der Waals surface area contributed by atoms with Crippen molar-refractivity contribution in [1.82, 2.24) is 0 Å². The van der Waals surface area contributed by atoms with E-state index < -0.39 is 0 Å². The molecule has 1 heterocycles. The van der Waals surface area contributed by atoms with E-state index >= 15 is 0 Å². The van der Waals surface area contributed by atoms with Crippen LogP contribution in [-0.2, 0) is 0 Å². The van der Waals surface area contributed by atoms with Gasteiger partial charge in [0.1, 0.15) is 5.76 Å². The van der Waals surface area contributed by atoms with E-state index in [1.165, 1.54) is 0 Å². The number of hydrogen-bond acceptors (Lipinski definition) is 3. The summed E-state index contributed by atoms with van der Waals surface area (Å²) in [5.41, 5.74) is 3.58. The molecule has 0 fully saturated rings. The van der Waals surface area contributed by atoms with Crippen LogP contribution in [0.1, 0.15) is 5.76 Å². The topological polar surface area (TPSA) is 37.5 Å². The van der Waals surface area contributed by atoms with Crippen LogP contribution in [0.5, 0.6) is 0 Å². The Bertz CT molecular complexity index is 495. The summed E-state index contributed by atoms with van der Waals surface area (Å²) < 4.78 is 5.08. The Morgan fingerprint density at radius 3 is 2.75 bits per heavy atom. The predicted octanol–water partition coefficient (Wildman–Crippen LogP) is 4.03. The van der Waals surface area contributed by atoms with Crippen LogP contribution in [0, 0.1) is 0 Å². The molecular formula is C11H8Cl2N2O. The van der Waals surface area contributed by atoms with E-state index in [9.17, 15) is 0 Å². The molecule has 2 aromatic rings. The van der Waals surface area contributed by atoms with Crippen molar-refractivity contribution in [2.75, 3.05) is 5.43 Å². The maximum atomic E-state index is 5.85. The van der Waals surface area contributed by atoms with Crippen molar-refractivity contribution in [2.45, 2.75) is 0 Å². The average molecular weight is 255 g/mol. The van der Waals surface area contributed by atoms with Crippen molar-refractivity contribution < 1.29 is 4.42 Å². The van der Waals surface area contributed by atoms with Crippen molar-refractivity contribution in [3.63, 3.8) is 0 Å². The summed E-state index contributed by atoms with van der Waals surface area (Å²) in [6.45, 7) is 0. The van der Waals surface area contributed by atoms with E-state index in [1.807, 2.05) is 0 Å².